The third-order valence-corrected chi connectivity index (χ3v) is 3.32. The Morgan fingerprint density at radius 1 is 1.22 bits per heavy atom. The van der Waals surface area contributed by atoms with Crippen molar-refractivity contribution in [1.82, 2.24) is 0 Å². The highest BCUT2D eigenvalue weighted by Crippen LogP contribution is 2.22. The predicted molar refractivity (Wildman–Crippen MR) is 77.6 cm³/mol. The Kier molecular flexibility index (Phi) is 4.44. The van der Waals surface area contributed by atoms with Crippen molar-refractivity contribution in [1.29, 1.82) is 0 Å². The molecule has 0 saturated carbocycles. The first kappa shape index (κ1) is 13.2. The Balaban J connectivity index is 2.11. The summed E-state index contributed by atoms with van der Waals surface area (Å²) in [6, 6.07) is 12.0. The van der Waals surface area contributed by atoms with E-state index in [0.717, 1.165) is 28.1 Å². The van der Waals surface area contributed by atoms with Crippen molar-refractivity contribution < 1.29 is 4.42 Å². The maximum Gasteiger partial charge on any atom is 0.127 e. The summed E-state index contributed by atoms with van der Waals surface area (Å²) in [5.74, 6) is 1.87. The molecule has 3 nitrogen and oxygen atoms in total. The van der Waals surface area contributed by atoms with Gasteiger partial charge in [0.2, 0.25) is 0 Å². The van der Waals surface area contributed by atoms with Gasteiger partial charge in [0, 0.05) is 23.1 Å². The van der Waals surface area contributed by atoms with Crippen LogP contribution in [0.5, 0.6) is 0 Å². The molecule has 2 aromatic rings. The lowest BCUT2D eigenvalue weighted by atomic mass is 10.2. The second-order valence-electron chi connectivity index (χ2n) is 4.10. The van der Waals surface area contributed by atoms with Crippen molar-refractivity contribution >= 4 is 21.6 Å². The van der Waals surface area contributed by atoms with E-state index < -0.39 is 0 Å². The van der Waals surface area contributed by atoms with Crippen molar-refractivity contribution in [2.24, 2.45) is 5.73 Å². The van der Waals surface area contributed by atoms with Gasteiger partial charge in [-0.1, -0.05) is 22.9 Å². The molecule has 0 radical (unpaired) electrons. The van der Waals surface area contributed by atoms with Crippen LogP contribution in [0.1, 0.15) is 24.5 Å². The quantitative estimate of drug-likeness (QED) is 0.885. The molecule has 0 aliphatic rings. The van der Waals surface area contributed by atoms with E-state index in [1.807, 2.05) is 36.4 Å². The minimum Gasteiger partial charge on any atom is -0.464 e. The molecule has 0 saturated heterocycles. The standard InChI is InChI=1S/C14H17BrN2O/c1-2-12-7-8-14(18-12)13(9-16)17-11-5-3-10(15)4-6-11/h3-8,13,17H,2,9,16H2,1H3. The van der Waals surface area contributed by atoms with Crippen LogP contribution in [0.4, 0.5) is 5.69 Å². The van der Waals surface area contributed by atoms with Crippen LogP contribution in [0.15, 0.2) is 45.3 Å². The number of hydrogen-bond donors (Lipinski definition) is 2. The second-order valence-corrected chi connectivity index (χ2v) is 5.01. The fourth-order valence-corrected chi connectivity index (χ4v) is 2.03. The van der Waals surface area contributed by atoms with E-state index in [2.05, 4.69) is 28.2 Å². The van der Waals surface area contributed by atoms with E-state index in [4.69, 9.17) is 10.2 Å². The van der Waals surface area contributed by atoms with E-state index in [0.29, 0.717) is 6.54 Å². The maximum absolute atomic E-state index is 5.80. The highest BCUT2D eigenvalue weighted by molar-refractivity contribution is 9.10. The van der Waals surface area contributed by atoms with Gasteiger partial charge < -0.3 is 15.5 Å². The third kappa shape index (κ3) is 3.15. The number of halogens is 1. The van der Waals surface area contributed by atoms with Crippen LogP contribution in [0.2, 0.25) is 0 Å². The molecule has 0 spiro atoms. The summed E-state index contributed by atoms with van der Waals surface area (Å²) in [6.45, 7) is 2.56. The van der Waals surface area contributed by atoms with Crippen molar-refractivity contribution in [3.05, 3.63) is 52.4 Å². The molecule has 0 bridgehead atoms. The Bertz CT molecular complexity index is 493. The van der Waals surface area contributed by atoms with Gasteiger partial charge >= 0.3 is 0 Å². The lowest BCUT2D eigenvalue weighted by Crippen LogP contribution is -2.20. The zero-order valence-corrected chi connectivity index (χ0v) is 11.9. The molecule has 2 rings (SSSR count). The van der Waals surface area contributed by atoms with Gasteiger partial charge in [0.25, 0.3) is 0 Å². The van der Waals surface area contributed by atoms with E-state index in [9.17, 15) is 0 Å². The van der Waals surface area contributed by atoms with E-state index >= 15 is 0 Å². The molecule has 1 heterocycles. The molecule has 0 aliphatic carbocycles. The molecule has 1 atom stereocenters. The molecular weight excluding hydrogens is 292 g/mol. The Hall–Kier alpha value is -1.26. The van der Waals surface area contributed by atoms with Crippen LogP contribution >= 0.6 is 15.9 Å². The molecule has 1 aromatic heterocycles. The van der Waals surface area contributed by atoms with E-state index in [1.165, 1.54) is 0 Å². The first-order chi connectivity index (χ1) is 8.72. The third-order valence-electron chi connectivity index (χ3n) is 2.80. The van der Waals surface area contributed by atoms with Crippen LogP contribution in [-0.2, 0) is 6.42 Å². The number of hydrogen-bond acceptors (Lipinski definition) is 3. The summed E-state index contributed by atoms with van der Waals surface area (Å²) in [7, 11) is 0. The summed E-state index contributed by atoms with van der Waals surface area (Å²) in [5, 5.41) is 3.37. The van der Waals surface area contributed by atoms with Crippen LogP contribution in [0.3, 0.4) is 0 Å². The number of rotatable bonds is 5. The topological polar surface area (TPSA) is 51.2 Å². The lowest BCUT2D eigenvalue weighted by molar-refractivity contribution is 0.448. The number of benzene rings is 1. The van der Waals surface area contributed by atoms with E-state index in [-0.39, 0.29) is 6.04 Å². The fourth-order valence-electron chi connectivity index (χ4n) is 1.77. The van der Waals surface area contributed by atoms with Gasteiger partial charge in [0.15, 0.2) is 0 Å². The van der Waals surface area contributed by atoms with Gasteiger partial charge in [-0.2, -0.15) is 0 Å². The number of aryl methyl sites for hydroxylation is 1. The van der Waals surface area contributed by atoms with Crippen molar-refractivity contribution in [3.63, 3.8) is 0 Å². The van der Waals surface area contributed by atoms with Crippen LogP contribution in [0.25, 0.3) is 0 Å². The van der Waals surface area contributed by atoms with Crippen LogP contribution in [-0.4, -0.2) is 6.54 Å². The first-order valence-corrected chi connectivity index (χ1v) is 6.83. The highest BCUT2D eigenvalue weighted by atomic mass is 79.9. The highest BCUT2D eigenvalue weighted by Gasteiger charge is 2.13. The Morgan fingerprint density at radius 2 is 1.94 bits per heavy atom. The van der Waals surface area contributed by atoms with Crippen molar-refractivity contribution in [2.45, 2.75) is 19.4 Å². The zero-order chi connectivity index (χ0) is 13.0. The van der Waals surface area contributed by atoms with Gasteiger partial charge in [0.05, 0.1) is 6.04 Å². The zero-order valence-electron chi connectivity index (χ0n) is 10.3. The van der Waals surface area contributed by atoms with Crippen LogP contribution in [0, 0.1) is 0 Å². The minimum atomic E-state index is 0.00600. The molecule has 1 aromatic carbocycles. The summed E-state index contributed by atoms with van der Waals surface area (Å²) in [4.78, 5) is 0. The summed E-state index contributed by atoms with van der Waals surface area (Å²) < 4.78 is 6.79. The molecule has 1 unspecified atom stereocenters. The molecule has 3 N–H and O–H groups in total. The summed E-state index contributed by atoms with van der Waals surface area (Å²) in [6.07, 6.45) is 0.898. The molecular formula is C14H17BrN2O. The number of furan rings is 1. The predicted octanol–water partition coefficient (Wildman–Crippen LogP) is 3.72. The van der Waals surface area contributed by atoms with Gasteiger partial charge in [-0.3, -0.25) is 0 Å². The molecule has 4 heteroatoms. The summed E-state index contributed by atoms with van der Waals surface area (Å²) >= 11 is 3.42. The number of anilines is 1. The summed E-state index contributed by atoms with van der Waals surface area (Å²) in [5.41, 5.74) is 6.83. The Labute approximate surface area is 115 Å². The van der Waals surface area contributed by atoms with Gasteiger partial charge in [-0.05, 0) is 36.4 Å². The average molecular weight is 309 g/mol. The van der Waals surface area contributed by atoms with Gasteiger partial charge in [-0.25, -0.2) is 0 Å². The lowest BCUT2D eigenvalue weighted by Gasteiger charge is -2.16. The first-order valence-electron chi connectivity index (χ1n) is 6.03. The molecule has 0 aliphatic heterocycles. The number of nitrogens with one attached hydrogen (secondary N) is 1. The maximum atomic E-state index is 5.80. The Morgan fingerprint density at radius 3 is 2.50 bits per heavy atom. The molecule has 0 fully saturated rings. The fraction of sp³-hybridized carbons (Fsp3) is 0.286. The monoisotopic (exact) mass is 308 g/mol. The average Bonchev–Trinajstić information content (AvgIpc) is 2.87. The smallest absolute Gasteiger partial charge is 0.127 e. The number of nitrogens with two attached hydrogens (primary N) is 1. The van der Waals surface area contributed by atoms with Crippen molar-refractivity contribution in [2.75, 3.05) is 11.9 Å². The van der Waals surface area contributed by atoms with Crippen molar-refractivity contribution in [3.8, 4) is 0 Å². The van der Waals surface area contributed by atoms with Gasteiger partial charge in [-0.15, -0.1) is 0 Å². The normalized spacial score (nSPS) is 12.4. The molecule has 18 heavy (non-hydrogen) atoms. The van der Waals surface area contributed by atoms with Gasteiger partial charge in [0.1, 0.15) is 11.5 Å². The second kappa shape index (κ2) is 6.07. The largest absolute Gasteiger partial charge is 0.464 e. The molecule has 96 valence electrons. The van der Waals surface area contributed by atoms with E-state index in [1.54, 1.807) is 0 Å². The SMILES string of the molecule is CCc1ccc(C(CN)Nc2ccc(Br)cc2)o1. The van der Waals surface area contributed by atoms with Crippen LogP contribution < -0.4 is 11.1 Å². The molecule has 0 amide bonds. The minimum absolute atomic E-state index is 0.00600.